The highest BCUT2D eigenvalue weighted by Crippen LogP contribution is 2.39. The molecule has 0 aliphatic rings. The van der Waals surface area contributed by atoms with Crippen LogP contribution < -0.4 is 0 Å². The molecule has 3 nitrogen and oxygen atoms in total. The third-order valence-corrected chi connectivity index (χ3v) is 9.22. The molecule has 0 saturated carbocycles. The summed E-state index contributed by atoms with van der Waals surface area (Å²) in [6.45, 7) is 0. The van der Waals surface area contributed by atoms with Crippen LogP contribution in [0.5, 0.6) is 0 Å². The number of furan rings is 1. The molecule has 3 aromatic heterocycles. The van der Waals surface area contributed by atoms with Crippen LogP contribution >= 0.6 is 0 Å². The molecule has 0 N–H and O–H groups in total. The van der Waals surface area contributed by atoms with Crippen molar-refractivity contribution in [1.29, 1.82) is 0 Å². The Hall–Kier alpha value is -5.93. The highest BCUT2D eigenvalue weighted by atomic mass is 16.3. The van der Waals surface area contributed by atoms with Crippen LogP contribution in [0.3, 0.4) is 0 Å². The Morgan fingerprint density at radius 3 is 1.77 bits per heavy atom. The van der Waals surface area contributed by atoms with Gasteiger partial charge in [-0.05, 0) is 92.0 Å². The fraction of sp³-hybridized carbons (Fsp3) is 0. The average molecular weight is 561 g/mol. The number of hydrogen-bond donors (Lipinski definition) is 0. The van der Waals surface area contributed by atoms with Gasteiger partial charge in [0.1, 0.15) is 16.8 Å². The molecular formula is C41H24N2O. The lowest BCUT2D eigenvalue weighted by atomic mass is 9.92. The second-order valence-electron chi connectivity index (χ2n) is 11.6. The predicted molar refractivity (Wildman–Crippen MR) is 184 cm³/mol. The molecule has 10 rings (SSSR count). The molecule has 3 heterocycles. The third kappa shape index (κ3) is 3.24. The van der Waals surface area contributed by atoms with Crippen molar-refractivity contribution >= 4 is 76.2 Å². The van der Waals surface area contributed by atoms with Gasteiger partial charge in [0.2, 0.25) is 0 Å². The van der Waals surface area contributed by atoms with Gasteiger partial charge >= 0.3 is 0 Å². The molecule has 204 valence electrons. The summed E-state index contributed by atoms with van der Waals surface area (Å²) in [6, 6.07) is 50.0. The van der Waals surface area contributed by atoms with E-state index in [-0.39, 0.29) is 0 Å². The number of nitrogens with zero attached hydrogens (tertiary/aromatic N) is 2. The molecule has 0 atom stereocenters. The zero-order valence-electron chi connectivity index (χ0n) is 23.7. The van der Waals surface area contributed by atoms with Crippen molar-refractivity contribution in [2.24, 2.45) is 0 Å². The lowest BCUT2D eigenvalue weighted by molar-refractivity contribution is 0.668. The van der Waals surface area contributed by atoms with Gasteiger partial charge in [-0.15, -0.1) is 0 Å². The van der Waals surface area contributed by atoms with E-state index in [0.29, 0.717) is 0 Å². The third-order valence-electron chi connectivity index (χ3n) is 9.22. The van der Waals surface area contributed by atoms with Crippen LogP contribution in [0.25, 0.3) is 93.0 Å². The first-order valence-corrected chi connectivity index (χ1v) is 15.0. The molecule has 3 heteroatoms. The normalized spacial score (nSPS) is 12.1. The fourth-order valence-electron chi connectivity index (χ4n) is 7.23. The summed E-state index contributed by atoms with van der Waals surface area (Å²) in [6.07, 6.45) is 1.86. The van der Waals surface area contributed by atoms with Gasteiger partial charge in [-0.2, -0.15) is 0 Å². The van der Waals surface area contributed by atoms with Crippen molar-refractivity contribution in [1.82, 2.24) is 9.55 Å². The minimum Gasteiger partial charge on any atom is -0.456 e. The Balaban J connectivity index is 1.15. The van der Waals surface area contributed by atoms with E-state index in [9.17, 15) is 0 Å². The maximum atomic E-state index is 6.45. The van der Waals surface area contributed by atoms with Gasteiger partial charge in [0, 0.05) is 33.8 Å². The molecule has 10 aromatic rings. The highest BCUT2D eigenvalue weighted by molar-refractivity contribution is 6.25. The van der Waals surface area contributed by atoms with E-state index >= 15 is 0 Å². The summed E-state index contributed by atoms with van der Waals surface area (Å²) in [5, 5.41) is 12.3. The van der Waals surface area contributed by atoms with Crippen molar-refractivity contribution in [2.75, 3.05) is 0 Å². The van der Waals surface area contributed by atoms with Crippen LogP contribution in [0.4, 0.5) is 0 Å². The number of aromatic nitrogens is 2. The zero-order chi connectivity index (χ0) is 28.8. The van der Waals surface area contributed by atoms with Crippen molar-refractivity contribution in [3.05, 3.63) is 146 Å². The van der Waals surface area contributed by atoms with E-state index in [0.717, 1.165) is 44.2 Å². The summed E-state index contributed by atoms with van der Waals surface area (Å²) >= 11 is 0. The largest absolute Gasteiger partial charge is 0.456 e. The van der Waals surface area contributed by atoms with Gasteiger partial charge in [-0.1, -0.05) is 84.9 Å². The van der Waals surface area contributed by atoms with Gasteiger partial charge in [-0.3, -0.25) is 4.57 Å². The first kappa shape index (κ1) is 23.6. The molecule has 7 aromatic carbocycles. The summed E-state index contributed by atoms with van der Waals surface area (Å²) < 4.78 is 8.68. The molecule has 44 heavy (non-hydrogen) atoms. The van der Waals surface area contributed by atoms with Crippen LogP contribution in [0.15, 0.2) is 150 Å². The first-order chi connectivity index (χ1) is 21.8. The number of pyridine rings is 1. The maximum Gasteiger partial charge on any atom is 0.145 e. The Kier molecular flexibility index (Phi) is 4.72. The first-order valence-electron chi connectivity index (χ1n) is 15.0. The van der Waals surface area contributed by atoms with Gasteiger partial charge < -0.3 is 4.42 Å². The summed E-state index contributed by atoms with van der Waals surface area (Å²) in [5.74, 6) is 0. The Bertz CT molecular complexity index is 2690. The second-order valence-corrected chi connectivity index (χ2v) is 11.6. The molecule has 0 bridgehead atoms. The molecule has 0 fully saturated rings. The monoisotopic (exact) mass is 560 g/mol. The average Bonchev–Trinajstić information content (AvgIpc) is 3.63. The van der Waals surface area contributed by atoms with E-state index in [1.165, 1.54) is 48.8 Å². The van der Waals surface area contributed by atoms with Crippen LogP contribution in [0.1, 0.15) is 0 Å². The SMILES string of the molecule is c1ccc2c(c1)c1ccccc1c1cc(-c3ccc4oc5cc(-n6c7ccccc7c7cccnc76)ccc5c4c3)ccc21. The Morgan fingerprint density at radius 2 is 1.00 bits per heavy atom. The Labute approximate surface area is 252 Å². The van der Waals surface area contributed by atoms with Gasteiger partial charge in [0.25, 0.3) is 0 Å². The number of rotatable bonds is 2. The van der Waals surface area contributed by atoms with E-state index in [4.69, 9.17) is 9.40 Å². The van der Waals surface area contributed by atoms with E-state index in [1.807, 2.05) is 12.3 Å². The quantitative estimate of drug-likeness (QED) is 0.197. The van der Waals surface area contributed by atoms with Crippen LogP contribution in [-0.2, 0) is 0 Å². The summed E-state index contributed by atoms with van der Waals surface area (Å²) in [4.78, 5) is 4.75. The minimum atomic E-state index is 0.868. The molecule has 0 radical (unpaired) electrons. The topological polar surface area (TPSA) is 31.0 Å². The van der Waals surface area contributed by atoms with Gasteiger partial charge in [0.15, 0.2) is 0 Å². The number of hydrogen-bond acceptors (Lipinski definition) is 2. The number of benzene rings is 7. The molecule has 0 amide bonds. The second kappa shape index (κ2) is 8.79. The van der Waals surface area contributed by atoms with Gasteiger partial charge in [-0.25, -0.2) is 4.98 Å². The van der Waals surface area contributed by atoms with E-state index in [1.54, 1.807) is 0 Å². The maximum absolute atomic E-state index is 6.45. The molecule has 0 spiro atoms. The molecule has 0 aliphatic heterocycles. The van der Waals surface area contributed by atoms with Crippen LogP contribution in [0, 0.1) is 0 Å². The van der Waals surface area contributed by atoms with Crippen molar-refractivity contribution in [3.63, 3.8) is 0 Å². The van der Waals surface area contributed by atoms with Gasteiger partial charge in [0.05, 0.1) is 11.2 Å². The van der Waals surface area contributed by atoms with Crippen molar-refractivity contribution in [3.8, 4) is 16.8 Å². The summed E-state index contributed by atoms with van der Waals surface area (Å²) in [5.41, 5.74) is 7.25. The Morgan fingerprint density at radius 1 is 0.409 bits per heavy atom. The fourth-order valence-corrected chi connectivity index (χ4v) is 7.23. The lowest BCUT2D eigenvalue weighted by Crippen LogP contribution is -1.94. The van der Waals surface area contributed by atoms with Crippen LogP contribution in [0.2, 0.25) is 0 Å². The van der Waals surface area contributed by atoms with Crippen LogP contribution in [-0.4, -0.2) is 9.55 Å². The number of fused-ring (bicyclic) bond motifs is 12. The van der Waals surface area contributed by atoms with E-state index in [2.05, 4.69) is 138 Å². The minimum absolute atomic E-state index is 0.868. The zero-order valence-corrected chi connectivity index (χ0v) is 23.7. The molecule has 0 saturated heterocycles. The highest BCUT2D eigenvalue weighted by Gasteiger charge is 2.16. The van der Waals surface area contributed by atoms with Crippen molar-refractivity contribution < 1.29 is 4.42 Å². The lowest BCUT2D eigenvalue weighted by Gasteiger charge is -2.12. The standard InChI is InChI=1S/C41H24N2O/c1-2-10-30-28(8-1)29-9-3-4-11-31(29)36-22-25(15-18-32(30)36)26-16-20-39-37(23-26)34-19-17-27(24-40(34)44-39)43-38-14-6-5-12-33(38)35-13-7-21-42-41(35)43/h1-24H. The molecule has 0 aliphatic carbocycles. The van der Waals surface area contributed by atoms with E-state index < -0.39 is 0 Å². The van der Waals surface area contributed by atoms with Crippen molar-refractivity contribution in [2.45, 2.75) is 0 Å². The number of para-hydroxylation sites is 1. The summed E-state index contributed by atoms with van der Waals surface area (Å²) in [7, 11) is 0. The predicted octanol–water partition coefficient (Wildman–Crippen LogP) is 11.2. The molecule has 0 unspecified atom stereocenters. The molecular weight excluding hydrogens is 536 g/mol. The smallest absolute Gasteiger partial charge is 0.145 e.